The summed E-state index contributed by atoms with van der Waals surface area (Å²) in [7, 11) is 3.06. The quantitative estimate of drug-likeness (QED) is 0.786. The van der Waals surface area contributed by atoms with Crippen LogP contribution >= 0.6 is 11.8 Å². The summed E-state index contributed by atoms with van der Waals surface area (Å²) in [6, 6.07) is 4.80. The van der Waals surface area contributed by atoms with E-state index in [2.05, 4.69) is 0 Å². The zero-order chi connectivity index (χ0) is 12.4. The van der Waals surface area contributed by atoms with E-state index in [0.29, 0.717) is 27.6 Å². The van der Waals surface area contributed by atoms with Gasteiger partial charge in [-0.3, -0.25) is 4.79 Å². The van der Waals surface area contributed by atoms with Crippen molar-refractivity contribution >= 4 is 22.7 Å². The van der Waals surface area contributed by atoms with E-state index in [-0.39, 0.29) is 5.43 Å². The van der Waals surface area contributed by atoms with E-state index in [9.17, 15) is 4.79 Å². The van der Waals surface area contributed by atoms with Gasteiger partial charge in [-0.2, -0.15) is 0 Å². The number of methoxy groups -OCH3 is 2. The fourth-order valence-corrected chi connectivity index (χ4v) is 1.98. The number of fused-ring (bicyclic) bond motifs is 1. The van der Waals surface area contributed by atoms with Crippen LogP contribution in [0.3, 0.4) is 0 Å². The maximum absolute atomic E-state index is 11.9. The average molecular weight is 252 g/mol. The van der Waals surface area contributed by atoms with Crippen LogP contribution in [0.2, 0.25) is 0 Å². The van der Waals surface area contributed by atoms with Gasteiger partial charge in [-0.15, -0.1) is 0 Å². The summed E-state index contributed by atoms with van der Waals surface area (Å²) in [5, 5.41) is 1.00. The van der Waals surface area contributed by atoms with Gasteiger partial charge in [-0.25, -0.2) is 0 Å². The maximum Gasteiger partial charge on any atom is 0.197 e. The van der Waals surface area contributed by atoms with Crippen LogP contribution in [0.5, 0.6) is 11.5 Å². The number of hydrogen-bond donors (Lipinski definition) is 0. The molecule has 0 unspecified atom stereocenters. The maximum atomic E-state index is 11.9. The van der Waals surface area contributed by atoms with Gasteiger partial charge in [-0.05, 0) is 6.26 Å². The largest absolute Gasteiger partial charge is 0.496 e. The second-order valence-electron chi connectivity index (χ2n) is 3.34. The normalized spacial score (nSPS) is 10.5. The monoisotopic (exact) mass is 252 g/mol. The summed E-state index contributed by atoms with van der Waals surface area (Å²) in [6.45, 7) is 0. The Labute approximate surface area is 103 Å². The molecule has 0 bridgehead atoms. The summed E-state index contributed by atoms with van der Waals surface area (Å²) in [6.07, 6.45) is 1.85. The molecule has 0 aliphatic rings. The molecule has 0 radical (unpaired) electrons. The van der Waals surface area contributed by atoms with Crippen molar-refractivity contribution in [3.63, 3.8) is 0 Å². The summed E-state index contributed by atoms with van der Waals surface area (Å²) in [5.74, 6) is 1.05. The fourth-order valence-electron chi connectivity index (χ4n) is 1.59. The molecule has 90 valence electrons. The van der Waals surface area contributed by atoms with Crippen LogP contribution in [0, 0.1) is 0 Å². The van der Waals surface area contributed by atoms with Crippen LogP contribution in [0.1, 0.15) is 0 Å². The Hall–Kier alpha value is -1.62. The molecule has 1 aromatic heterocycles. The molecule has 0 atom stereocenters. The van der Waals surface area contributed by atoms with Crippen LogP contribution in [0.15, 0.2) is 32.5 Å². The lowest BCUT2D eigenvalue weighted by molar-refractivity contribution is 0.394. The first-order valence-electron chi connectivity index (χ1n) is 4.93. The first-order chi connectivity index (χ1) is 8.19. The first kappa shape index (κ1) is 11.9. The SMILES string of the molecule is COc1cc(OC)c2c(=O)cc(SC)oc2c1. The van der Waals surface area contributed by atoms with Crippen LogP contribution in [0.4, 0.5) is 0 Å². The van der Waals surface area contributed by atoms with Gasteiger partial charge < -0.3 is 13.9 Å². The van der Waals surface area contributed by atoms with E-state index in [4.69, 9.17) is 13.9 Å². The van der Waals surface area contributed by atoms with E-state index >= 15 is 0 Å². The highest BCUT2D eigenvalue weighted by Gasteiger charge is 2.12. The lowest BCUT2D eigenvalue weighted by Crippen LogP contribution is -2.02. The fraction of sp³-hybridized carbons (Fsp3) is 0.250. The third-order valence-corrected chi connectivity index (χ3v) is 3.01. The van der Waals surface area contributed by atoms with Crippen molar-refractivity contribution in [3.8, 4) is 11.5 Å². The highest BCUT2D eigenvalue weighted by atomic mass is 32.2. The molecule has 0 spiro atoms. The van der Waals surface area contributed by atoms with Gasteiger partial charge in [0.25, 0.3) is 0 Å². The molecule has 2 rings (SSSR count). The molecular formula is C12H12O4S. The highest BCUT2D eigenvalue weighted by molar-refractivity contribution is 7.98. The average Bonchev–Trinajstić information content (AvgIpc) is 2.36. The molecule has 0 aliphatic carbocycles. The van der Waals surface area contributed by atoms with Crippen LogP contribution in [-0.4, -0.2) is 20.5 Å². The van der Waals surface area contributed by atoms with Gasteiger partial charge in [0.05, 0.1) is 14.2 Å². The minimum absolute atomic E-state index is 0.116. The van der Waals surface area contributed by atoms with Crippen molar-refractivity contribution in [2.45, 2.75) is 5.09 Å². The van der Waals surface area contributed by atoms with Crippen LogP contribution in [0.25, 0.3) is 11.0 Å². The molecule has 17 heavy (non-hydrogen) atoms. The number of hydrogen-bond acceptors (Lipinski definition) is 5. The zero-order valence-electron chi connectivity index (χ0n) is 9.77. The standard InChI is InChI=1S/C12H12O4S/c1-14-7-4-9(15-2)12-8(13)6-11(17-3)16-10(12)5-7/h4-6H,1-3H3. The molecular weight excluding hydrogens is 240 g/mol. The summed E-state index contributed by atoms with van der Waals surface area (Å²) < 4.78 is 15.9. The second-order valence-corrected chi connectivity index (χ2v) is 4.15. The highest BCUT2D eigenvalue weighted by Crippen LogP contribution is 2.30. The second kappa shape index (κ2) is 4.71. The zero-order valence-corrected chi connectivity index (χ0v) is 10.6. The topological polar surface area (TPSA) is 48.7 Å². The van der Waals surface area contributed by atoms with E-state index in [1.807, 2.05) is 6.26 Å². The van der Waals surface area contributed by atoms with E-state index in [1.54, 1.807) is 19.2 Å². The molecule has 0 N–H and O–H groups in total. The van der Waals surface area contributed by atoms with Crippen molar-refractivity contribution in [1.82, 2.24) is 0 Å². The minimum Gasteiger partial charge on any atom is -0.496 e. The van der Waals surface area contributed by atoms with Gasteiger partial charge in [0, 0.05) is 18.2 Å². The predicted octanol–water partition coefficient (Wildman–Crippen LogP) is 2.53. The van der Waals surface area contributed by atoms with E-state index < -0.39 is 0 Å². The number of rotatable bonds is 3. The molecule has 0 fully saturated rings. The molecule has 0 aliphatic heterocycles. The van der Waals surface area contributed by atoms with Crippen molar-refractivity contribution < 1.29 is 13.9 Å². The Morgan fingerprint density at radius 1 is 1.18 bits per heavy atom. The predicted molar refractivity (Wildman–Crippen MR) is 67.4 cm³/mol. The summed E-state index contributed by atoms with van der Waals surface area (Å²) in [5.41, 5.74) is 0.355. The third-order valence-electron chi connectivity index (χ3n) is 2.40. The molecule has 1 aromatic carbocycles. The Morgan fingerprint density at radius 2 is 1.94 bits per heavy atom. The third kappa shape index (κ3) is 2.10. The van der Waals surface area contributed by atoms with Gasteiger partial charge in [0.2, 0.25) is 0 Å². The molecule has 0 saturated carbocycles. The molecule has 1 heterocycles. The lowest BCUT2D eigenvalue weighted by atomic mass is 10.2. The molecule has 0 saturated heterocycles. The molecule has 0 amide bonds. The summed E-state index contributed by atoms with van der Waals surface area (Å²) >= 11 is 1.38. The Morgan fingerprint density at radius 3 is 2.53 bits per heavy atom. The Kier molecular flexibility index (Phi) is 3.28. The van der Waals surface area contributed by atoms with Gasteiger partial charge in [0.15, 0.2) is 10.5 Å². The number of thioether (sulfide) groups is 1. The van der Waals surface area contributed by atoms with Crippen LogP contribution < -0.4 is 14.9 Å². The molecule has 5 heteroatoms. The van der Waals surface area contributed by atoms with Gasteiger partial charge in [-0.1, -0.05) is 11.8 Å². The van der Waals surface area contributed by atoms with Crippen molar-refractivity contribution in [2.75, 3.05) is 20.5 Å². The minimum atomic E-state index is -0.116. The number of ether oxygens (including phenoxy) is 2. The molecule has 4 nitrogen and oxygen atoms in total. The van der Waals surface area contributed by atoms with Crippen molar-refractivity contribution in [3.05, 3.63) is 28.4 Å². The Bertz CT molecular complexity index is 598. The van der Waals surface area contributed by atoms with Gasteiger partial charge >= 0.3 is 0 Å². The van der Waals surface area contributed by atoms with E-state index in [1.165, 1.54) is 24.9 Å². The number of benzene rings is 1. The van der Waals surface area contributed by atoms with E-state index in [0.717, 1.165) is 0 Å². The van der Waals surface area contributed by atoms with Crippen LogP contribution in [-0.2, 0) is 0 Å². The summed E-state index contributed by atoms with van der Waals surface area (Å²) in [4.78, 5) is 11.9. The lowest BCUT2D eigenvalue weighted by Gasteiger charge is -2.08. The van der Waals surface area contributed by atoms with Crippen molar-refractivity contribution in [2.24, 2.45) is 0 Å². The van der Waals surface area contributed by atoms with Gasteiger partial charge in [0.1, 0.15) is 22.5 Å². The first-order valence-corrected chi connectivity index (χ1v) is 6.16. The molecule has 2 aromatic rings. The smallest absolute Gasteiger partial charge is 0.197 e. The van der Waals surface area contributed by atoms with Crippen molar-refractivity contribution in [1.29, 1.82) is 0 Å². The Balaban J connectivity index is 2.84.